The van der Waals surface area contributed by atoms with Gasteiger partial charge < -0.3 is 5.32 Å². The van der Waals surface area contributed by atoms with E-state index in [0.29, 0.717) is 0 Å². The van der Waals surface area contributed by atoms with Crippen molar-refractivity contribution < 1.29 is 26.4 Å². The quantitative estimate of drug-likeness (QED) is 0.775. The molecule has 1 amide bonds. The second-order valence-corrected chi connectivity index (χ2v) is 7.11. The first kappa shape index (κ1) is 19.4. The van der Waals surface area contributed by atoms with Crippen LogP contribution in [0.15, 0.2) is 42.5 Å². The summed E-state index contributed by atoms with van der Waals surface area (Å²) >= 11 is 11.7. The van der Waals surface area contributed by atoms with Crippen molar-refractivity contribution in [3.63, 3.8) is 0 Å². The Hall–Kier alpha value is -1.97. The second kappa shape index (κ2) is 7.11. The van der Waals surface area contributed by atoms with Gasteiger partial charge in [0.15, 0.2) is 0 Å². The molecule has 2 N–H and O–H groups in total. The minimum Gasteiger partial charge on any atom is -0.321 e. The summed E-state index contributed by atoms with van der Waals surface area (Å²) in [5, 5.41) is 2.55. The highest BCUT2D eigenvalue weighted by atomic mass is 35.5. The number of hydrogen-bond donors (Lipinski definition) is 2. The number of benzene rings is 2. The van der Waals surface area contributed by atoms with Crippen molar-refractivity contribution in [3.05, 3.63) is 58.1 Å². The zero-order chi connectivity index (χ0) is 18.8. The molecule has 5 nitrogen and oxygen atoms in total. The molecule has 0 saturated carbocycles. The van der Waals surface area contributed by atoms with Gasteiger partial charge in [0.1, 0.15) is 0 Å². The maximum Gasteiger partial charge on any atom is 0.516 e. The first-order chi connectivity index (χ1) is 11.5. The van der Waals surface area contributed by atoms with Crippen LogP contribution >= 0.6 is 23.2 Å². The molecule has 0 spiro atoms. The van der Waals surface area contributed by atoms with E-state index in [9.17, 15) is 26.4 Å². The lowest BCUT2D eigenvalue weighted by molar-refractivity contribution is -0.0429. The first-order valence-electron chi connectivity index (χ1n) is 6.46. The molecule has 0 aliphatic rings. The molecule has 0 bridgehead atoms. The van der Waals surface area contributed by atoms with Crippen molar-refractivity contribution in [1.82, 2.24) is 0 Å². The first-order valence-corrected chi connectivity index (χ1v) is 8.70. The largest absolute Gasteiger partial charge is 0.516 e. The minimum atomic E-state index is -5.67. The van der Waals surface area contributed by atoms with Gasteiger partial charge in [0, 0.05) is 0 Å². The Labute approximate surface area is 150 Å². The van der Waals surface area contributed by atoms with Gasteiger partial charge in [0.05, 0.1) is 27.0 Å². The topological polar surface area (TPSA) is 75.3 Å². The lowest BCUT2D eigenvalue weighted by Gasteiger charge is -2.14. The molecule has 0 radical (unpaired) electrons. The fourth-order valence-electron chi connectivity index (χ4n) is 1.76. The summed E-state index contributed by atoms with van der Waals surface area (Å²) in [5.41, 5.74) is -6.26. The number of nitrogens with one attached hydrogen (secondary N) is 2. The number of anilines is 2. The summed E-state index contributed by atoms with van der Waals surface area (Å²) in [4.78, 5) is 12.3. The van der Waals surface area contributed by atoms with Gasteiger partial charge >= 0.3 is 15.5 Å². The van der Waals surface area contributed by atoms with E-state index in [0.717, 1.165) is 12.1 Å². The van der Waals surface area contributed by atoms with E-state index in [4.69, 9.17) is 23.2 Å². The highest BCUT2D eigenvalue weighted by Gasteiger charge is 2.46. The van der Waals surface area contributed by atoms with Gasteiger partial charge in [-0.15, -0.1) is 0 Å². The molecule has 2 aromatic rings. The van der Waals surface area contributed by atoms with Crippen LogP contribution in [-0.2, 0) is 10.0 Å². The second-order valence-electron chi connectivity index (χ2n) is 4.65. The van der Waals surface area contributed by atoms with E-state index < -0.39 is 27.1 Å². The van der Waals surface area contributed by atoms with E-state index in [1.165, 1.54) is 35.1 Å². The number of alkyl halides is 3. The van der Waals surface area contributed by atoms with E-state index in [2.05, 4.69) is 5.32 Å². The summed E-state index contributed by atoms with van der Waals surface area (Å²) in [5.74, 6) is -0.871. The fraction of sp³-hybridized carbons (Fsp3) is 0.0714. The number of halogens is 5. The third kappa shape index (κ3) is 4.36. The Morgan fingerprint density at radius 1 is 0.960 bits per heavy atom. The number of para-hydroxylation sites is 1. The van der Waals surface area contributed by atoms with Crippen molar-refractivity contribution in [2.75, 3.05) is 10.0 Å². The molecule has 0 aliphatic heterocycles. The van der Waals surface area contributed by atoms with Crippen LogP contribution in [0.25, 0.3) is 0 Å². The molecule has 0 fully saturated rings. The van der Waals surface area contributed by atoms with Gasteiger partial charge in [-0.2, -0.15) is 21.6 Å². The molecular weight excluding hydrogens is 404 g/mol. The van der Waals surface area contributed by atoms with E-state index in [1.807, 2.05) is 0 Å². The van der Waals surface area contributed by atoms with Gasteiger partial charge in [0.2, 0.25) is 0 Å². The standard InChI is InChI=1S/C14H9Cl2F3N2O3S/c15-9-5-3-7-11(12(9)16)20-13(22)8-4-1-2-6-10(8)21-25(23,24)14(17,18)19/h1-7,21H,(H,20,22). The van der Waals surface area contributed by atoms with Gasteiger partial charge in [0.25, 0.3) is 5.91 Å². The van der Waals surface area contributed by atoms with Crippen molar-refractivity contribution in [2.24, 2.45) is 0 Å². The van der Waals surface area contributed by atoms with Gasteiger partial charge in [-0.1, -0.05) is 41.4 Å². The number of sulfonamides is 1. The number of amides is 1. The lowest BCUT2D eigenvalue weighted by atomic mass is 10.1. The Bertz CT molecular complexity index is 918. The Balaban J connectivity index is 2.34. The van der Waals surface area contributed by atoms with Crippen LogP contribution in [-0.4, -0.2) is 19.8 Å². The molecule has 2 aromatic carbocycles. The number of carbonyl (C=O) groups excluding carboxylic acids is 1. The summed E-state index contributed by atoms with van der Waals surface area (Å²) in [7, 11) is -5.67. The normalized spacial score (nSPS) is 11.9. The van der Waals surface area contributed by atoms with Crippen LogP contribution < -0.4 is 10.0 Å². The summed E-state index contributed by atoms with van der Waals surface area (Å²) < 4.78 is 61.4. The predicted molar refractivity (Wildman–Crippen MR) is 89.5 cm³/mol. The Kier molecular flexibility index (Phi) is 5.50. The van der Waals surface area contributed by atoms with Crippen LogP contribution in [0, 0.1) is 0 Å². The van der Waals surface area contributed by atoms with Crippen LogP contribution in [0.1, 0.15) is 10.4 Å². The number of carbonyl (C=O) groups is 1. The zero-order valence-electron chi connectivity index (χ0n) is 12.1. The lowest BCUT2D eigenvalue weighted by Crippen LogP contribution is -2.30. The van der Waals surface area contributed by atoms with Crippen molar-refractivity contribution in [1.29, 1.82) is 0 Å². The average molecular weight is 413 g/mol. The smallest absolute Gasteiger partial charge is 0.321 e. The highest BCUT2D eigenvalue weighted by Crippen LogP contribution is 2.31. The maximum absolute atomic E-state index is 12.5. The molecule has 11 heteroatoms. The Morgan fingerprint density at radius 2 is 1.56 bits per heavy atom. The molecule has 25 heavy (non-hydrogen) atoms. The summed E-state index contributed by atoms with van der Waals surface area (Å²) in [6, 6.07) is 9.22. The van der Waals surface area contributed by atoms with E-state index in [1.54, 1.807) is 0 Å². The van der Waals surface area contributed by atoms with Crippen LogP contribution in [0.5, 0.6) is 0 Å². The average Bonchev–Trinajstić information content (AvgIpc) is 2.51. The molecule has 0 aliphatic carbocycles. The third-order valence-corrected chi connectivity index (χ3v) is 4.84. The molecule has 0 heterocycles. The molecule has 0 saturated heterocycles. The maximum atomic E-state index is 12.5. The van der Waals surface area contributed by atoms with Crippen LogP contribution in [0.2, 0.25) is 10.0 Å². The summed E-state index contributed by atoms with van der Waals surface area (Å²) in [6.45, 7) is 0. The highest BCUT2D eigenvalue weighted by molar-refractivity contribution is 7.93. The van der Waals surface area contributed by atoms with Crippen molar-refractivity contribution in [3.8, 4) is 0 Å². The zero-order valence-corrected chi connectivity index (χ0v) is 14.4. The molecule has 0 unspecified atom stereocenters. The summed E-state index contributed by atoms with van der Waals surface area (Å²) in [6.07, 6.45) is 0. The number of hydrogen-bond acceptors (Lipinski definition) is 3. The van der Waals surface area contributed by atoms with Crippen LogP contribution in [0.3, 0.4) is 0 Å². The fourth-order valence-corrected chi connectivity index (χ4v) is 2.69. The third-order valence-electron chi connectivity index (χ3n) is 2.92. The minimum absolute atomic E-state index is 0.0332. The van der Waals surface area contributed by atoms with Crippen molar-refractivity contribution in [2.45, 2.75) is 5.51 Å². The van der Waals surface area contributed by atoms with Gasteiger partial charge in [-0.25, -0.2) is 0 Å². The van der Waals surface area contributed by atoms with Crippen molar-refractivity contribution >= 4 is 50.5 Å². The van der Waals surface area contributed by atoms with Crippen LogP contribution in [0.4, 0.5) is 24.5 Å². The monoisotopic (exact) mass is 412 g/mol. The number of rotatable bonds is 4. The SMILES string of the molecule is O=C(Nc1cccc(Cl)c1Cl)c1ccccc1NS(=O)(=O)C(F)(F)F. The van der Waals surface area contributed by atoms with Gasteiger partial charge in [-0.3, -0.25) is 9.52 Å². The van der Waals surface area contributed by atoms with E-state index in [-0.39, 0.29) is 21.3 Å². The molecule has 2 rings (SSSR count). The van der Waals surface area contributed by atoms with E-state index >= 15 is 0 Å². The molecule has 134 valence electrons. The molecule has 0 aromatic heterocycles. The molecular formula is C14H9Cl2F3N2O3S. The molecule has 0 atom stereocenters. The van der Waals surface area contributed by atoms with Gasteiger partial charge in [-0.05, 0) is 24.3 Å². The predicted octanol–water partition coefficient (Wildman–Crippen LogP) is 4.51. The Morgan fingerprint density at radius 3 is 2.20 bits per heavy atom.